The maximum atomic E-state index is 11.9. The van der Waals surface area contributed by atoms with Crippen LogP contribution in [0.1, 0.15) is 56.1 Å². The second kappa shape index (κ2) is 7.97. The lowest BCUT2D eigenvalue weighted by atomic mass is 10.0. The van der Waals surface area contributed by atoms with Crippen LogP contribution in [0.25, 0.3) is 0 Å². The van der Waals surface area contributed by atoms with E-state index in [0.29, 0.717) is 12.8 Å². The van der Waals surface area contributed by atoms with Crippen molar-refractivity contribution < 1.29 is 9.59 Å². The molecule has 1 saturated carbocycles. The normalized spacial score (nSPS) is 15.2. The first-order chi connectivity index (χ1) is 10.6. The summed E-state index contributed by atoms with van der Waals surface area (Å²) >= 11 is 0. The average molecular weight is 302 g/mol. The van der Waals surface area contributed by atoms with Crippen molar-refractivity contribution in [2.75, 3.05) is 7.05 Å². The van der Waals surface area contributed by atoms with Gasteiger partial charge in [0, 0.05) is 13.5 Å². The van der Waals surface area contributed by atoms with Crippen LogP contribution >= 0.6 is 0 Å². The van der Waals surface area contributed by atoms with Gasteiger partial charge >= 0.3 is 0 Å². The van der Waals surface area contributed by atoms with E-state index < -0.39 is 6.04 Å². The third-order valence-corrected chi connectivity index (χ3v) is 4.20. The number of amides is 2. The Labute approximate surface area is 132 Å². The highest BCUT2D eigenvalue weighted by Crippen LogP contribution is 2.39. The van der Waals surface area contributed by atoms with Gasteiger partial charge < -0.3 is 10.6 Å². The van der Waals surface area contributed by atoms with Crippen molar-refractivity contribution >= 4 is 11.8 Å². The van der Waals surface area contributed by atoms with Gasteiger partial charge in [0.25, 0.3) is 0 Å². The van der Waals surface area contributed by atoms with E-state index in [1.165, 1.54) is 24.0 Å². The predicted molar refractivity (Wildman–Crippen MR) is 87.6 cm³/mol. The fraction of sp³-hybridized carbons (Fsp3) is 0.556. The van der Waals surface area contributed by atoms with E-state index in [2.05, 4.69) is 34.9 Å². The summed E-state index contributed by atoms with van der Waals surface area (Å²) in [6.45, 7) is 1.89. The van der Waals surface area contributed by atoms with Crippen molar-refractivity contribution in [1.82, 2.24) is 10.6 Å². The molecule has 0 aliphatic heterocycles. The maximum Gasteiger partial charge on any atom is 0.242 e. The highest BCUT2D eigenvalue weighted by molar-refractivity contribution is 5.87. The van der Waals surface area contributed by atoms with Crippen LogP contribution in [-0.2, 0) is 16.0 Å². The molecule has 1 aromatic rings. The molecule has 4 nitrogen and oxygen atoms in total. The second-order valence-electron chi connectivity index (χ2n) is 6.01. The van der Waals surface area contributed by atoms with E-state index in [1.54, 1.807) is 7.05 Å². The largest absolute Gasteiger partial charge is 0.357 e. The van der Waals surface area contributed by atoms with E-state index in [0.717, 1.165) is 18.8 Å². The molecule has 1 aromatic carbocycles. The molecular weight excluding hydrogens is 276 g/mol. The fourth-order valence-electron chi connectivity index (χ4n) is 2.62. The summed E-state index contributed by atoms with van der Waals surface area (Å²) in [6, 6.07) is 8.35. The van der Waals surface area contributed by atoms with Gasteiger partial charge in [0.2, 0.25) is 11.8 Å². The van der Waals surface area contributed by atoms with E-state index in [-0.39, 0.29) is 11.8 Å². The van der Waals surface area contributed by atoms with Crippen molar-refractivity contribution in [3.05, 3.63) is 35.4 Å². The summed E-state index contributed by atoms with van der Waals surface area (Å²) in [6.07, 6.45) is 5.41. The first-order valence-electron chi connectivity index (χ1n) is 8.23. The van der Waals surface area contributed by atoms with Gasteiger partial charge in [-0.25, -0.2) is 0 Å². The monoisotopic (exact) mass is 302 g/mol. The van der Waals surface area contributed by atoms with E-state index in [4.69, 9.17) is 0 Å². The third kappa shape index (κ3) is 4.86. The number of benzene rings is 1. The highest BCUT2D eigenvalue weighted by atomic mass is 16.2. The molecule has 0 radical (unpaired) electrons. The summed E-state index contributed by atoms with van der Waals surface area (Å²) in [7, 11) is 1.59. The number of nitrogens with one attached hydrogen (secondary N) is 2. The number of carbonyl (C=O) groups is 2. The van der Waals surface area contributed by atoms with Crippen LogP contribution in [0.3, 0.4) is 0 Å². The molecule has 1 fully saturated rings. The molecule has 2 amide bonds. The van der Waals surface area contributed by atoms with Crippen molar-refractivity contribution in [2.45, 2.75) is 57.4 Å². The average Bonchev–Trinajstić information content (AvgIpc) is 3.37. The van der Waals surface area contributed by atoms with E-state index in [1.807, 2.05) is 6.92 Å². The number of hydrogen-bond acceptors (Lipinski definition) is 2. The Bertz CT molecular complexity index is 506. The predicted octanol–water partition coefficient (Wildman–Crippen LogP) is 2.53. The summed E-state index contributed by atoms with van der Waals surface area (Å²) in [5.41, 5.74) is 2.72. The fourth-order valence-corrected chi connectivity index (χ4v) is 2.62. The first kappa shape index (κ1) is 16.5. The summed E-state index contributed by atoms with van der Waals surface area (Å²) in [4.78, 5) is 23.4. The molecule has 120 valence electrons. The van der Waals surface area contributed by atoms with E-state index in [9.17, 15) is 9.59 Å². The molecule has 1 atom stereocenters. The van der Waals surface area contributed by atoms with E-state index >= 15 is 0 Å². The molecule has 0 heterocycles. The zero-order chi connectivity index (χ0) is 15.9. The lowest BCUT2D eigenvalue weighted by Crippen LogP contribution is -2.45. The molecule has 4 heteroatoms. The molecule has 2 N–H and O–H groups in total. The Kier molecular flexibility index (Phi) is 5.99. The topological polar surface area (TPSA) is 58.2 Å². The van der Waals surface area contributed by atoms with Crippen molar-refractivity contribution in [2.24, 2.45) is 0 Å². The Balaban J connectivity index is 1.70. The minimum absolute atomic E-state index is 0.0509. The Morgan fingerprint density at radius 2 is 1.91 bits per heavy atom. The van der Waals surface area contributed by atoms with Gasteiger partial charge in [-0.15, -0.1) is 0 Å². The van der Waals surface area contributed by atoms with Gasteiger partial charge in [-0.05, 0) is 49.1 Å². The van der Waals surface area contributed by atoms with Crippen LogP contribution in [0.2, 0.25) is 0 Å². The van der Waals surface area contributed by atoms with Gasteiger partial charge in [0.15, 0.2) is 0 Å². The summed E-state index contributed by atoms with van der Waals surface area (Å²) in [5.74, 6) is 0.604. The lowest BCUT2D eigenvalue weighted by molar-refractivity contribution is -0.128. The molecule has 0 saturated heterocycles. The zero-order valence-electron chi connectivity index (χ0n) is 13.5. The van der Waals surface area contributed by atoms with Gasteiger partial charge in [-0.3, -0.25) is 9.59 Å². The standard InChI is InChI=1S/C18H26N2O2/c1-3-16(18(22)19-2)20-17(21)6-4-5-13-7-9-14(10-8-13)15-11-12-15/h7-10,15-16H,3-6,11-12H2,1-2H3,(H,19,22)(H,20,21). The van der Waals surface area contributed by atoms with Crippen molar-refractivity contribution in [3.8, 4) is 0 Å². The minimum Gasteiger partial charge on any atom is -0.357 e. The van der Waals surface area contributed by atoms with Crippen LogP contribution in [0.5, 0.6) is 0 Å². The smallest absolute Gasteiger partial charge is 0.242 e. The van der Waals surface area contributed by atoms with Gasteiger partial charge in [0.1, 0.15) is 6.04 Å². The molecule has 2 rings (SSSR count). The molecule has 1 aliphatic carbocycles. The Hall–Kier alpha value is -1.84. The summed E-state index contributed by atoms with van der Waals surface area (Å²) < 4.78 is 0. The van der Waals surface area contributed by atoms with Gasteiger partial charge in [-0.1, -0.05) is 31.2 Å². The zero-order valence-corrected chi connectivity index (χ0v) is 13.5. The first-order valence-corrected chi connectivity index (χ1v) is 8.23. The second-order valence-corrected chi connectivity index (χ2v) is 6.01. The highest BCUT2D eigenvalue weighted by Gasteiger charge is 2.22. The third-order valence-electron chi connectivity index (χ3n) is 4.20. The van der Waals surface area contributed by atoms with Gasteiger partial charge in [-0.2, -0.15) is 0 Å². The Morgan fingerprint density at radius 3 is 2.45 bits per heavy atom. The molecule has 1 aliphatic rings. The lowest BCUT2D eigenvalue weighted by Gasteiger charge is -2.15. The number of rotatable bonds is 8. The summed E-state index contributed by atoms with van der Waals surface area (Å²) in [5, 5.41) is 5.35. The molecule has 0 spiro atoms. The number of aryl methyl sites for hydroxylation is 1. The molecular formula is C18H26N2O2. The van der Waals surface area contributed by atoms with Crippen LogP contribution in [0.15, 0.2) is 24.3 Å². The number of carbonyl (C=O) groups excluding carboxylic acids is 2. The van der Waals surface area contributed by atoms with Crippen molar-refractivity contribution in [3.63, 3.8) is 0 Å². The Morgan fingerprint density at radius 1 is 1.23 bits per heavy atom. The molecule has 0 aromatic heterocycles. The van der Waals surface area contributed by atoms with Gasteiger partial charge in [0.05, 0.1) is 0 Å². The van der Waals surface area contributed by atoms with Crippen LogP contribution < -0.4 is 10.6 Å². The minimum atomic E-state index is -0.421. The van der Waals surface area contributed by atoms with Crippen LogP contribution in [0.4, 0.5) is 0 Å². The van der Waals surface area contributed by atoms with Crippen LogP contribution in [-0.4, -0.2) is 24.9 Å². The number of hydrogen-bond donors (Lipinski definition) is 2. The van der Waals surface area contributed by atoms with Crippen LogP contribution in [0, 0.1) is 0 Å². The number of likely N-dealkylation sites (N-methyl/N-ethyl adjacent to an activating group) is 1. The van der Waals surface area contributed by atoms with Crippen molar-refractivity contribution in [1.29, 1.82) is 0 Å². The SMILES string of the molecule is CCC(NC(=O)CCCc1ccc(C2CC2)cc1)C(=O)NC. The molecule has 1 unspecified atom stereocenters. The molecule has 22 heavy (non-hydrogen) atoms. The quantitative estimate of drug-likeness (QED) is 0.775. The maximum absolute atomic E-state index is 11.9. The molecule has 0 bridgehead atoms.